The van der Waals surface area contributed by atoms with Gasteiger partial charge in [0.15, 0.2) is 5.69 Å². The fourth-order valence-corrected chi connectivity index (χ4v) is 1.72. The van der Waals surface area contributed by atoms with Crippen molar-refractivity contribution in [3.63, 3.8) is 0 Å². The number of benzene rings is 1. The van der Waals surface area contributed by atoms with Crippen molar-refractivity contribution in [2.24, 2.45) is 0 Å². The summed E-state index contributed by atoms with van der Waals surface area (Å²) in [4.78, 5) is 10.9. The highest BCUT2D eigenvalue weighted by Crippen LogP contribution is 2.23. The number of aromatic carboxylic acids is 1. The van der Waals surface area contributed by atoms with Crippen molar-refractivity contribution in [2.45, 2.75) is 19.9 Å². The summed E-state index contributed by atoms with van der Waals surface area (Å²) in [5, 5.41) is 13.1. The lowest BCUT2D eigenvalue weighted by Gasteiger charge is -2.10. The summed E-state index contributed by atoms with van der Waals surface area (Å²) in [6.07, 6.45) is 0. The molecule has 0 aliphatic carbocycles. The number of carbonyl (C=O) groups is 1. The molecule has 0 saturated carbocycles. The largest absolute Gasteiger partial charge is 0.476 e. The molecule has 0 aliphatic rings. The molecular formula is C13H14N2O2. The van der Waals surface area contributed by atoms with Crippen LogP contribution in [-0.2, 0) is 0 Å². The van der Waals surface area contributed by atoms with Crippen molar-refractivity contribution in [2.75, 3.05) is 0 Å². The van der Waals surface area contributed by atoms with Crippen molar-refractivity contribution in [1.29, 1.82) is 0 Å². The third kappa shape index (κ3) is 2.20. The van der Waals surface area contributed by atoms with E-state index in [9.17, 15) is 4.79 Å². The predicted molar refractivity (Wildman–Crippen MR) is 65.0 cm³/mol. The molecule has 0 aliphatic heterocycles. The van der Waals surface area contributed by atoms with E-state index in [-0.39, 0.29) is 11.7 Å². The van der Waals surface area contributed by atoms with Gasteiger partial charge in [-0.25, -0.2) is 4.79 Å². The summed E-state index contributed by atoms with van der Waals surface area (Å²) in [5.41, 5.74) is 1.89. The molecule has 0 radical (unpaired) electrons. The molecule has 0 spiro atoms. The van der Waals surface area contributed by atoms with E-state index in [4.69, 9.17) is 5.11 Å². The maximum absolute atomic E-state index is 10.9. The van der Waals surface area contributed by atoms with Gasteiger partial charge in [-0.3, -0.25) is 4.68 Å². The first kappa shape index (κ1) is 11.4. The summed E-state index contributed by atoms with van der Waals surface area (Å²) >= 11 is 0. The molecule has 4 heteroatoms. The molecule has 0 unspecified atom stereocenters. The van der Waals surface area contributed by atoms with E-state index >= 15 is 0 Å². The van der Waals surface area contributed by atoms with Gasteiger partial charge in [0.05, 0.1) is 5.69 Å². The highest BCUT2D eigenvalue weighted by atomic mass is 16.4. The third-order valence-corrected chi connectivity index (χ3v) is 2.51. The summed E-state index contributed by atoms with van der Waals surface area (Å²) in [5.74, 6) is -0.999. The van der Waals surface area contributed by atoms with Gasteiger partial charge < -0.3 is 5.11 Å². The number of nitrogens with zero attached hydrogens (tertiary/aromatic N) is 2. The Kier molecular flexibility index (Phi) is 2.95. The fourth-order valence-electron chi connectivity index (χ4n) is 1.72. The summed E-state index contributed by atoms with van der Waals surface area (Å²) in [6, 6.07) is 11.4. The van der Waals surface area contributed by atoms with Crippen LogP contribution in [0.25, 0.3) is 11.3 Å². The number of carboxylic acids is 1. The van der Waals surface area contributed by atoms with Crippen molar-refractivity contribution in [3.8, 4) is 11.3 Å². The number of rotatable bonds is 3. The molecule has 4 nitrogen and oxygen atoms in total. The Morgan fingerprint density at radius 1 is 1.29 bits per heavy atom. The Morgan fingerprint density at radius 2 is 1.94 bits per heavy atom. The third-order valence-electron chi connectivity index (χ3n) is 2.51. The SMILES string of the molecule is CC(C)n1nc(C(=O)O)cc1-c1ccccc1. The molecule has 1 N–H and O–H groups in total. The minimum absolute atomic E-state index is 0.0811. The van der Waals surface area contributed by atoms with Gasteiger partial charge in [0.2, 0.25) is 0 Å². The molecule has 88 valence electrons. The van der Waals surface area contributed by atoms with Crippen LogP contribution in [0.2, 0.25) is 0 Å². The molecule has 0 saturated heterocycles. The molecule has 1 heterocycles. The van der Waals surface area contributed by atoms with E-state index in [0.29, 0.717) is 0 Å². The van der Waals surface area contributed by atoms with Crippen LogP contribution in [0.5, 0.6) is 0 Å². The molecule has 2 rings (SSSR count). The smallest absolute Gasteiger partial charge is 0.356 e. The lowest BCUT2D eigenvalue weighted by molar-refractivity contribution is 0.0689. The summed E-state index contributed by atoms with van der Waals surface area (Å²) in [6.45, 7) is 3.95. The maximum atomic E-state index is 10.9. The zero-order valence-corrected chi connectivity index (χ0v) is 9.79. The number of aromatic nitrogens is 2. The molecule has 0 amide bonds. The lowest BCUT2D eigenvalue weighted by Crippen LogP contribution is -2.06. The Labute approximate surface area is 99.5 Å². The summed E-state index contributed by atoms with van der Waals surface area (Å²) in [7, 11) is 0. The van der Waals surface area contributed by atoms with Crippen LogP contribution in [0.1, 0.15) is 30.4 Å². The predicted octanol–water partition coefficient (Wildman–Crippen LogP) is 2.83. The van der Waals surface area contributed by atoms with Gasteiger partial charge in [-0.1, -0.05) is 30.3 Å². The molecule has 17 heavy (non-hydrogen) atoms. The van der Waals surface area contributed by atoms with Gasteiger partial charge in [-0.15, -0.1) is 0 Å². The Balaban J connectivity index is 2.56. The van der Waals surface area contributed by atoms with E-state index < -0.39 is 5.97 Å². The molecular weight excluding hydrogens is 216 g/mol. The van der Waals surface area contributed by atoms with Crippen molar-refractivity contribution >= 4 is 5.97 Å². The highest BCUT2D eigenvalue weighted by Gasteiger charge is 2.15. The molecule has 1 aromatic heterocycles. The number of hydrogen-bond donors (Lipinski definition) is 1. The molecule has 0 fully saturated rings. The monoisotopic (exact) mass is 230 g/mol. The van der Waals surface area contributed by atoms with E-state index in [1.807, 2.05) is 44.2 Å². The quantitative estimate of drug-likeness (QED) is 0.882. The van der Waals surface area contributed by atoms with Crippen LogP contribution in [0.3, 0.4) is 0 Å². The van der Waals surface area contributed by atoms with Crippen LogP contribution < -0.4 is 0 Å². The molecule has 1 aromatic carbocycles. The Morgan fingerprint density at radius 3 is 2.47 bits per heavy atom. The van der Waals surface area contributed by atoms with Crippen LogP contribution in [0.4, 0.5) is 0 Å². The lowest BCUT2D eigenvalue weighted by atomic mass is 10.1. The Bertz CT molecular complexity index is 530. The van der Waals surface area contributed by atoms with Gasteiger partial charge >= 0.3 is 5.97 Å². The van der Waals surface area contributed by atoms with Crippen LogP contribution >= 0.6 is 0 Å². The van der Waals surface area contributed by atoms with Crippen molar-refractivity contribution in [3.05, 3.63) is 42.1 Å². The van der Waals surface area contributed by atoms with Gasteiger partial charge in [0, 0.05) is 6.04 Å². The van der Waals surface area contributed by atoms with Crippen LogP contribution in [0, 0.1) is 0 Å². The van der Waals surface area contributed by atoms with Crippen LogP contribution in [0.15, 0.2) is 36.4 Å². The second-order valence-electron chi connectivity index (χ2n) is 4.12. The average Bonchev–Trinajstić information content (AvgIpc) is 2.75. The average molecular weight is 230 g/mol. The first-order valence-corrected chi connectivity index (χ1v) is 5.48. The van der Waals surface area contributed by atoms with Gasteiger partial charge in [-0.2, -0.15) is 5.10 Å². The minimum Gasteiger partial charge on any atom is -0.476 e. The maximum Gasteiger partial charge on any atom is 0.356 e. The van der Waals surface area contributed by atoms with Crippen LogP contribution in [-0.4, -0.2) is 20.9 Å². The zero-order valence-electron chi connectivity index (χ0n) is 9.79. The topological polar surface area (TPSA) is 55.1 Å². The van der Waals surface area contributed by atoms with Crippen molar-refractivity contribution in [1.82, 2.24) is 9.78 Å². The second-order valence-corrected chi connectivity index (χ2v) is 4.12. The van der Waals surface area contributed by atoms with Gasteiger partial charge in [0.1, 0.15) is 0 Å². The summed E-state index contributed by atoms with van der Waals surface area (Å²) < 4.78 is 1.73. The minimum atomic E-state index is -0.999. The van der Waals surface area contributed by atoms with Crippen molar-refractivity contribution < 1.29 is 9.90 Å². The number of carboxylic acid groups (broad SMARTS) is 1. The fraction of sp³-hybridized carbons (Fsp3) is 0.231. The standard InChI is InChI=1S/C13H14N2O2/c1-9(2)15-12(8-11(14-15)13(16)17)10-6-4-3-5-7-10/h3-9H,1-2H3,(H,16,17). The highest BCUT2D eigenvalue weighted by molar-refractivity contribution is 5.87. The van der Waals surface area contributed by atoms with E-state index in [1.165, 1.54) is 0 Å². The normalized spacial score (nSPS) is 10.8. The van der Waals surface area contributed by atoms with Gasteiger partial charge in [-0.05, 0) is 25.5 Å². The number of hydrogen-bond acceptors (Lipinski definition) is 2. The van der Waals surface area contributed by atoms with Gasteiger partial charge in [0.25, 0.3) is 0 Å². The second kappa shape index (κ2) is 4.41. The van der Waals surface area contributed by atoms with E-state index in [0.717, 1.165) is 11.3 Å². The first-order chi connectivity index (χ1) is 8.09. The molecule has 0 atom stereocenters. The zero-order chi connectivity index (χ0) is 12.4. The van der Waals surface area contributed by atoms with E-state index in [2.05, 4.69) is 5.10 Å². The van der Waals surface area contributed by atoms with E-state index in [1.54, 1.807) is 10.7 Å². The molecule has 2 aromatic rings. The molecule has 0 bridgehead atoms. The first-order valence-electron chi connectivity index (χ1n) is 5.48. The Hall–Kier alpha value is -2.10.